The highest BCUT2D eigenvalue weighted by molar-refractivity contribution is 7.47. The van der Waals surface area contributed by atoms with Crippen molar-refractivity contribution in [1.82, 2.24) is 0 Å². The van der Waals surface area contributed by atoms with Crippen molar-refractivity contribution in [3.63, 3.8) is 0 Å². The van der Waals surface area contributed by atoms with Gasteiger partial charge in [0.1, 0.15) is 19.3 Å². The molecular formula is C81H158O17P2. The van der Waals surface area contributed by atoms with Crippen molar-refractivity contribution < 1.29 is 80.2 Å². The summed E-state index contributed by atoms with van der Waals surface area (Å²) >= 11 is 0. The number of hydrogen-bond donors (Lipinski definition) is 3. The summed E-state index contributed by atoms with van der Waals surface area (Å²) in [4.78, 5) is 73.0. The lowest BCUT2D eigenvalue weighted by Crippen LogP contribution is -2.30. The number of ether oxygens (including phenoxy) is 4. The van der Waals surface area contributed by atoms with Crippen molar-refractivity contribution >= 4 is 39.5 Å². The van der Waals surface area contributed by atoms with E-state index < -0.39 is 97.5 Å². The summed E-state index contributed by atoms with van der Waals surface area (Å²) in [6.45, 7) is 9.64. The largest absolute Gasteiger partial charge is 0.472 e. The number of phosphoric ester groups is 2. The van der Waals surface area contributed by atoms with Gasteiger partial charge in [0.15, 0.2) is 12.2 Å². The quantitative estimate of drug-likeness (QED) is 0.0222. The predicted octanol–water partition coefficient (Wildman–Crippen LogP) is 24.3. The SMILES string of the molecule is CCCCCCCCCCCCCCCCCCCC(=O)OC[C@H](COP(=O)(O)OC[C@@H](O)COP(=O)(O)OC[C@@H](COC(=O)CCCCCCCCCCCC)OC(=O)CCCCCCCCCCCC(C)C)OC(=O)CCCCCCCCCCCCCCCCCCCCC(C)C. The summed E-state index contributed by atoms with van der Waals surface area (Å²) < 4.78 is 68.7. The Morgan fingerprint density at radius 2 is 0.460 bits per heavy atom. The molecule has 5 atom stereocenters. The van der Waals surface area contributed by atoms with Gasteiger partial charge in [-0.25, -0.2) is 9.13 Å². The third-order valence-corrected chi connectivity index (χ3v) is 20.9. The van der Waals surface area contributed by atoms with E-state index in [1.807, 2.05) is 0 Å². The Morgan fingerprint density at radius 1 is 0.270 bits per heavy atom. The van der Waals surface area contributed by atoms with E-state index in [9.17, 15) is 43.2 Å². The van der Waals surface area contributed by atoms with E-state index in [4.69, 9.17) is 37.0 Å². The van der Waals surface area contributed by atoms with Gasteiger partial charge in [0.05, 0.1) is 26.4 Å². The van der Waals surface area contributed by atoms with E-state index in [1.165, 1.54) is 244 Å². The first-order valence-corrected chi connectivity index (χ1v) is 45.0. The van der Waals surface area contributed by atoms with E-state index in [0.717, 1.165) is 102 Å². The minimum Gasteiger partial charge on any atom is -0.462 e. The molecule has 2 unspecified atom stereocenters. The molecule has 0 aromatic rings. The van der Waals surface area contributed by atoms with Crippen LogP contribution in [0.15, 0.2) is 0 Å². The molecule has 0 saturated carbocycles. The van der Waals surface area contributed by atoms with Crippen LogP contribution >= 0.6 is 15.6 Å². The van der Waals surface area contributed by atoms with E-state index in [2.05, 4.69) is 41.5 Å². The maximum Gasteiger partial charge on any atom is 0.472 e. The van der Waals surface area contributed by atoms with E-state index in [1.54, 1.807) is 0 Å². The van der Waals surface area contributed by atoms with Gasteiger partial charge >= 0.3 is 39.5 Å². The predicted molar refractivity (Wildman–Crippen MR) is 409 cm³/mol. The third-order valence-electron chi connectivity index (χ3n) is 19.0. The highest BCUT2D eigenvalue weighted by Gasteiger charge is 2.30. The van der Waals surface area contributed by atoms with Gasteiger partial charge < -0.3 is 33.8 Å². The lowest BCUT2D eigenvalue weighted by molar-refractivity contribution is -0.161. The van der Waals surface area contributed by atoms with Crippen LogP contribution in [0.1, 0.15) is 427 Å². The summed E-state index contributed by atoms with van der Waals surface area (Å²) in [5.41, 5.74) is 0. The maximum atomic E-state index is 13.1. The average Bonchev–Trinajstić information content (AvgIpc) is 1.17. The second-order valence-electron chi connectivity index (χ2n) is 30.1. The first-order chi connectivity index (χ1) is 48.4. The molecule has 19 heteroatoms. The summed E-state index contributed by atoms with van der Waals surface area (Å²) in [5, 5.41) is 10.6. The molecule has 0 bridgehead atoms. The molecule has 0 spiro atoms. The zero-order chi connectivity index (χ0) is 73.5. The van der Waals surface area contributed by atoms with Gasteiger partial charge in [-0.3, -0.25) is 37.3 Å². The van der Waals surface area contributed by atoms with Crippen LogP contribution in [0.25, 0.3) is 0 Å². The standard InChI is InChI=1S/C81H158O17P2/c1-7-9-11-13-15-17-19-20-21-24-28-31-34-40-46-52-58-64-79(84)92-70-76(97-80(85)65-59-53-47-41-35-32-29-26-23-22-25-27-30-33-37-43-49-55-61-73(3)4)71-95-99(87,88)93-67-75(82)68-94-100(89,90)96-72-77(69-91-78(83)63-57-51-45-39-18-16-14-12-10-8-2)98-81(86)66-60-54-48-42-36-38-44-50-56-62-74(5)6/h73-77,82H,7-72H2,1-6H3,(H,87,88)(H,89,90)/t75-,76-,77-/m1/s1. The van der Waals surface area contributed by atoms with Crippen LogP contribution in [-0.2, 0) is 65.4 Å². The van der Waals surface area contributed by atoms with Crippen molar-refractivity contribution in [3.05, 3.63) is 0 Å². The van der Waals surface area contributed by atoms with Gasteiger partial charge in [0, 0.05) is 25.7 Å². The molecule has 0 rings (SSSR count). The van der Waals surface area contributed by atoms with E-state index in [-0.39, 0.29) is 25.7 Å². The number of esters is 4. The molecule has 0 aromatic carbocycles. The van der Waals surface area contributed by atoms with Gasteiger partial charge in [-0.15, -0.1) is 0 Å². The number of aliphatic hydroxyl groups excluding tert-OH is 1. The second-order valence-corrected chi connectivity index (χ2v) is 33.0. The Bertz CT molecular complexity index is 1920. The van der Waals surface area contributed by atoms with Crippen LogP contribution in [0.4, 0.5) is 0 Å². The highest BCUT2D eigenvalue weighted by atomic mass is 31.2. The average molecular weight is 1470 g/mol. The number of unbranched alkanes of at least 4 members (excludes halogenated alkanes) is 50. The summed E-state index contributed by atoms with van der Waals surface area (Å²) in [7, 11) is -9.92. The Labute approximate surface area is 613 Å². The number of hydrogen-bond acceptors (Lipinski definition) is 15. The number of phosphoric acid groups is 2. The molecule has 100 heavy (non-hydrogen) atoms. The lowest BCUT2D eigenvalue weighted by Gasteiger charge is -2.21. The molecule has 0 fully saturated rings. The molecule has 0 heterocycles. The van der Waals surface area contributed by atoms with Gasteiger partial charge in [-0.2, -0.15) is 0 Å². The fraction of sp³-hybridized carbons (Fsp3) is 0.951. The fourth-order valence-corrected chi connectivity index (χ4v) is 14.1. The molecule has 0 radical (unpaired) electrons. The van der Waals surface area contributed by atoms with Crippen LogP contribution in [0.2, 0.25) is 0 Å². The first kappa shape index (κ1) is 98.1. The molecule has 0 aliphatic carbocycles. The van der Waals surface area contributed by atoms with E-state index in [0.29, 0.717) is 25.7 Å². The van der Waals surface area contributed by atoms with Crippen LogP contribution < -0.4 is 0 Å². The molecule has 0 aliphatic rings. The van der Waals surface area contributed by atoms with Gasteiger partial charge in [-0.1, -0.05) is 375 Å². The number of rotatable bonds is 80. The first-order valence-electron chi connectivity index (χ1n) is 42.0. The molecule has 0 amide bonds. The number of carbonyl (C=O) groups is 4. The minimum absolute atomic E-state index is 0.106. The molecule has 17 nitrogen and oxygen atoms in total. The van der Waals surface area contributed by atoms with Crippen LogP contribution in [0.3, 0.4) is 0 Å². The zero-order valence-electron chi connectivity index (χ0n) is 65.5. The lowest BCUT2D eigenvalue weighted by atomic mass is 10.0. The summed E-state index contributed by atoms with van der Waals surface area (Å²) in [6.07, 6.45) is 62.5. The summed E-state index contributed by atoms with van der Waals surface area (Å²) in [6, 6.07) is 0. The van der Waals surface area contributed by atoms with Crippen molar-refractivity contribution in [2.24, 2.45) is 11.8 Å². The topological polar surface area (TPSA) is 237 Å². The Balaban J connectivity index is 5.21. The van der Waals surface area contributed by atoms with E-state index >= 15 is 0 Å². The van der Waals surface area contributed by atoms with Crippen molar-refractivity contribution in [2.75, 3.05) is 39.6 Å². The maximum absolute atomic E-state index is 13.1. The third kappa shape index (κ3) is 74.3. The van der Waals surface area contributed by atoms with Crippen molar-refractivity contribution in [3.8, 4) is 0 Å². The second kappa shape index (κ2) is 72.6. The normalized spacial score (nSPS) is 13.9. The van der Waals surface area contributed by atoms with Crippen LogP contribution in [0.5, 0.6) is 0 Å². The van der Waals surface area contributed by atoms with Crippen molar-refractivity contribution in [1.29, 1.82) is 0 Å². The van der Waals surface area contributed by atoms with Gasteiger partial charge in [0.25, 0.3) is 0 Å². The van der Waals surface area contributed by atoms with Gasteiger partial charge in [-0.05, 0) is 37.5 Å². The Morgan fingerprint density at radius 3 is 0.680 bits per heavy atom. The van der Waals surface area contributed by atoms with Crippen LogP contribution in [-0.4, -0.2) is 96.7 Å². The molecule has 594 valence electrons. The van der Waals surface area contributed by atoms with Gasteiger partial charge in [0.2, 0.25) is 0 Å². The molecule has 0 saturated heterocycles. The molecular weight excluding hydrogens is 1310 g/mol. The molecule has 3 N–H and O–H groups in total. The Kier molecular flexibility index (Phi) is 71.2. The molecule has 0 aromatic heterocycles. The number of carbonyl (C=O) groups excluding carboxylic acids is 4. The monoisotopic (exact) mass is 1470 g/mol. The molecule has 0 aliphatic heterocycles. The minimum atomic E-state index is -4.96. The number of aliphatic hydroxyl groups is 1. The Hall–Kier alpha value is -1.94. The summed E-state index contributed by atoms with van der Waals surface area (Å²) in [5.74, 6) is -0.552. The fourth-order valence-electron chi connectivity index (χ4n) is 12.5. The highest BCUT2D eigenvalue weighted by Crippen LogP contribution is 2.45. The van der Waals surface area contributed by atoms with Crippen molar-refractivity contribution in [2.45, 2.75) is 445 Å². The zero-order valence-corrected chi connectivity index (χ0v) is 67.3. The van der Waals surface area contributed by atoms with Crippen LogP contribution in [0, 0.1) is 11.8 Å². The smallest absolute Gasteiger partial charge is 0.462 e.